The molecule has 0 aliphatic carbocycles. The van der Waals surface area contributed by atoms with Crippen molar-refractivity contribution >= 4 is 33.4 Å². The quantitative estimate of drug-likeness (QED) is 0.495. The molecule has 5 nitrogen and oxygen atoms in total. The van der Waals surface area contributed by atoms with Crippen molar-refractivity contribution in [2.24, 2.45) is 0 Å². The molecular weight excluding hydrogens is 384 g/mol. The largest absolute Gasteiger partial charge is 0.493 e. The SMILES string of the molecule is CC[C@H](C)Oc1ccc(/C=c2\sc3nc4cc(C)c(C)cc4n3c2=O)cc1OC. The van der Waals surface area contributed by atoms with Crippen LogP contribution in [-0.2, 0) is 0 Å². The van der Waals surface area contributed by atoms with Crippen molar-refractivity contribution in [1.29, 1.82) is 0 Å². The molecule has 2 aromatic heterocycles. The van der Waals surface area contributed by atoms with Gasteiger partial charge >= 0.3 is 0 Å². The second-order valence-corrected chi connectivity index (χ2v) is 8.33. The zero-order valence-corrected chi connectivity index (χ0v) is 18.1. The topological polar surface area (TPSA) is 52.8 Å². The highest BCUT2D eigenvalue weighted by Crippen LogP contribution is 2.29. The lowest BCUT2D eigenvalue weighted by molar-refractivity contribution is 0.207. The van der Waals surface area contributed by atoms with Gasteiger partial charge in [0.25, 0.3) is 5.56 Å². The fourth-order valence-corrected chi connectivity index (χ4v) is 4.23. The molecule has 0 amide bonds. The second kappa shape index (κ2) is 7.52. The average molecular weight is 409 g/mol. The van der Waals surface area contributed by atoms with Crippen molar-refractivity contribution in [3.8, 4) is 11.5 Å². The van der Waals surface area contributed by atoms with Gasteiger partial charge in [-0.2, -0.15) is 0 Å². The molecule has 0 unspecified atom stereocenters. The van der Waals surface area contributed by atoms with Gasteiger partial charge in [0.05, 0.1) is 28.8 Å². The molecule has 4 aromatic rings. The third-order valence-electron chi connectivity index (χ3n) is 5.24. The lowest BCUT2D eigenvalue weighted by Gasteiger charge is -2.15. The number of thiazole rings is 1. The summed E-state index contributed by atoms with van der Waals surface area (Å²) >= 11 is 1.40. The molecule has 29 heavy (non-hydrogen) atoms. The Balaban J connectivity index is 1.81. The Morgan fingerprint density at radius 2 is 1.93 bits per heavy atom. The summed E-state index contributed by atoms with van der Waals surface area (Å²) in [7, 11) is 1.62. The average Bonchev–Trinajstić information content (AvgIpc) is 3.19. The molecule has 2 aromatic carbocycles. The molecule has 150 valence electrons. The zero-order valence-electron chi connectivity index (χ0n) is 17.3. The van der Waals surface area contributed by atoms with Gasteiger partial charge in [-0.05, 0) is 74.2 Å². The number of nitrogens with zero attached hydrogens (tertiary/aromatic N) is 2. The Morgan fingerprint density at radius 3 is 2.66 bits per heavy atom. The van der Waals surface area contributed by atoms with Crippen LogP contribution < -0.4 is 19.6 Å². The maximum atomic E-state index is 13.1. The Kier molecular flexibility index (Phi) is 5.04. The van der Waals surface area contributed by atoms with E-state index in [2.05, 4.69) is 18.8 Å². The van der Waals surface area contributed by atoms with Crippen molar-refractivity contribution in [2.75, 3.05) is 7.11 Å². The molecule has 0 aliphatic heterocycles. The van der Waals surface area contributed by atoms with Gasteiger partial charge in [0.2, 0.25) is 0 Å². The van der Waals surface area contributed by atoms with Crippen molar-refractivity contribution in [2.45, 2.75) is 40.2 Å². The smallest absolute Gasteiger partial charge is 0.274 e. The second-order valence-electron chi connectivity index (χ2n) is 7.32. The summed E-state index contributed by atoms with van der Waals surface area (Å²) in [5.41, 5.74) is 4.88. The standard InChI is InChI=1S/C23H24N2O3S/c1-6-15(4)28-19-8-7-16(11-20(19)27-5)12-21-22(26)25-18-10-14(3)13(2)9-17(18)24-23(25)29-21/h7-12,15H,6H2,1-5H3/b21-12-/t15-/m0/s1. The number of imidazole rings is 1. The summed E-state index contributed by atoms with van der Waals surface area (Å²) in [6.07, 6.45) is 2.90. The number of methoxy groups -OCH3 is 1. The van der Waals surface area contributed by atoms with Gasteiger partial charge in [-0.3, -0.25) is 4.79 Å². The first-order valence-corrected chi connectivity index (χ1v) is 10.5. The van der Waals surface area contributed by atoms with Crippen LogP contribution in [0.5, 0.6) is 11.5 Å². The van der Waals surface area contributed by atoms with Gasteiger partial charge in [0, 0.05) is 0 Å². The van der Waals surface area contributed by atoms with Crippen molar-refractivity contribution in [1.82, 2.24) is 9.38 Å². The summed E-state index contributed by atoms with van der Waals surface area (Å²) < 4.78 is 13.7. The molecule has 0 aliphatic rings. The molecule has 4 rings (SSSR count). The van der Waals surface area contributed by atoms with E-state index < -0.39 is 0 Å². The lowest BCUT2D eigenvalue weighted by atomic mass is 10.1. The van der Waals surface area contributed by atoms with Gasteiger partial charge in [0.15, 0.2) is 16.5 Å². The number of hydrogen-bond donors (Lipinski definition) is 0. The van der Waals surface area contributed by atoms with Crippen LogP contribution in [0.4, 0.5) is 0 Å². The van der Waals surface area contributed by atoms with E-state index in [4.69, 9.17) is 9.47 Å². The van der Waals surface area contributed by atoms with Crippen LogP contribution in [0.15, 0.2) is 35.1 Å². The number of benzene rings is 2. The predicted molar refractivity (Wildman–Crippen MR) is 118 cm³/mol. The monoisotopic (exact) mass is 408 g/mol. The summed E-state index contributed by atoms with van der Waals surface area (Å²) in [5.74, 6) is 1.36. The summed E-state index contributed by atoms with van der Waals surface area (Å²) in [5, 5.41) is 0. The Morgan fingerprint density at radius 1 is 1.17 bits per heavy atom. The molecule has 6 heteroatoms. The third-order valence-corrected chi connectivity index (χ3v) is 6.21. The summed E-state index contributed by atoms with van der Waals surface area (Å²) in [4.78, 5) is 18.4. The minimum absolute atomic E-state index is 0.0466. The highest BCUT2D eigenvalue weighted by molar-refractivity contribution is 7.15. The third kappa shape index (κ3) is 3.49. The van der Waals surface area contributed by atoms with Crippen LogP contribution in [0.25, 0.3) is 22.1 Å². The normalized spacial score (nSPS) is 13.3. The molecule has 0 bridgehead atoms. The molecule has 2 heterocycles. The maximum absolute atomic E-state index is 13.1. The zero-order chi connectivity index (χ0) is 20.7. The van der Waals surface area contributed by atoms with Gasteiger partial charge < -0.3 is 9.47 Å². The van der Waals surface area contributed by atoms with Crippen LogP contribution in [0.1, 0.15) is 37.0 Å². The van der Waals surface area contributed by atoms with Crippen LogP contribution in [0.2, 0.25) is 0 Å². The van der Waals surface area contributed by atoms with E-state index in [1.54, 1.807) is 11.5 Å². The Bertz CT molecular complexity index is 1320. The molecule has 0 spiro atoms. The van der Waals surface area contributed by atoms with Crippen LogP contribution in [-0.4, -0.2) is 22.6 Å². The Labute approximate surface area is 173 Å². The van der Waals surface area contributed by atoms with Gasteiger partial charge in [0.1, 0.15) is 0 Å². The van der Waals surface area contributed by atoms with Gasteiger partial charge in [-0.15, -0.1) is 0 Å². The number of ether oxygens (including phenoxy) is 2. The lowest BCUT2D eigenvalue weighted by Crippen LogP contribution is -2.22. The van der Waals surface area contributed by atoms with E-state index in [0.717, 1.165) is 28.6 Å². The van der Waals surface area contributed by atoms with Crippen molar-refractivity contribution in [3.05, 3.63) is 61.9 Å². The van der Waals surface area contributed by atoms with E-state index in [0.29, 0.717) is 21.0 Å². The van der Waals surface area contributed by atoms with Crippen LogP contribution >= 0.6 is 11.3 Å². The number of aromatic nitrogens is 2. The molecule has 1 atom stereocenters. The molecule has 0 saturated carbocycles. The van der Waals surface area contributed by atoms with E-state index >= 15 is 0 Å². The minimum Gasteiger partial charge on any atom is -0.493 e. The highest BCUT2D eigenvalue weighted by atomic mass is 32.1. The fraction of sp³-hybridized carbons (Fsp3) is 0.304. The number of fused-ring (bicyclic) bond motifs is 3. The minimum atomic E-state index is -0.0466. The fourth-order valence-electron chi connectivity index (χ4n) is 3.24. The summed E-state index contributed by atoms with van der Waals surface area (Å²) in [6.45, 7) is 8.21. The van der Waals surface area contributed by atoms with Crippen molar-refractivity contribution < 1.29 is 9.47 Å². The molecule has 0 N–H and O–H groups in total. The number of rotatable bonds is 5. The highest BCUT2D eigenvalue weighted by Gasteiger charge is 2.13. The van der Waals surface area contributed by atoms with Crippen LogP contribution in [0, 0.1) is 13.8 Å². The van der Waals surface area contributed by atoms with Crippen molar-refractivity contribution in [3.63, 3.8) is 0 Å². The number of hydrogen-bond acceptors (Lipinski definition) is 5. The first kappa shape index (κ1) is 19.5. The maximum Gasteiger partial charge on any atom is 0.274 e. The first-order valence-electron chi connectivity index (χ1n) is 9.70. The molecular formula is C23H24N2O3S. The van der Waals surface area contributed by atoms with E-state index in [-0.39, 0.29) is 11.7 Å². The Hall–Kier alpha value is -2.86. The first-order chi connectivity index (χ1) is 13.9. The van der Waals surface area contributed by atoms with E-state index in [1.165, 1.54) is 16.9 Å². The number of aryl methyl sites for hydroxylation is 2. The van der Waals surface area contributed by atoms with Gasteiger partial charge in [-0.25, -0.2) is 9.38 Å². The van der Waals surface area contributed by atoms with Gasteiger partial charge in [-0.1, -0.05) is 24.3 Å². The van der Waals surface area contributed by atoms with Crippen LogP contribution in [0.3, 0.4) is 0 Å². The van der Waals surface area contributed by atoms with E-state index in [1.807, 2.05) is 50.3 Å². The predicted octanol–water partition coefficient (Wildman–Crippen LogP) is 4.26. The van der Waals surface area contributed by atoms with E-state index in [9.17, 15) is 4.79 Å². The summed E-state index contributed by atoms with van der Waals surface area (Å²) in [6, 6.07) is 9.79. The molecule has 0 fully saturated rings. The molecule has 0 saturated heterocycles. The molecule has 0 radical (unpaired) electrons.